The van der Waals surface area contributed by atoms with Gasteiger partial charge in [-0.25, -0.2) is 4.39 Å². The molecule has 0 bridgehead atoms. The Kier molecular flexibility index (Phi) is 3.74. The van der Waals surface area contributed by atoms with E-state index in [0.29, 0.717) is 18.2 Å². The number of rotatable bonds is 1. The van der Waals surface area contributed by atoms with Crippen LogP contribution in [0.2, 0.25) is 0 Å². The molecule has 2 aliphatic heterocycles. The number of hydrogen-bond acceptors (Lipinski definition) is 2. The SMILES string of the molecule is Cc1cccc(C(=O)N2CCN3CCCCC3C2)c1F. The molecule has 1 atom stereocenters. The van der Waals surface area contributed by atoms with Crippen molar-refractivity contribution in [2.75, 3.05) is 26.2 Å². The molecule has 2 fully saturated rings. The maximum Gasteiger partial charge on any atom is 0.256 e. The molecule has 0 saturated carbocycles. The number of aryl methyl sites for hydroxylation is 1. The summed E-state index contributed by atoms with van der Waals surface area (Å²) in [5, 5.41) is 0. The predicted octanol–water partition coefficient (Wildman–Crippen LogP) is 2.44. The Labute approximate surface area is 119 Å². The van der Waals surface area contributed by atoms with E-state index in [-0.39, 0.29) is 17.3 Å². The molecule has 2 aliphatic rings. The maximum absolute atomic E-state index is 14.1. The molecule has 1 unspecified atom stereocenters. The van der Waals surface area contributed by atoms with Crippen molar-refractivity contribution in [3.63, 3.8) is 0 Å². The van der Waals surface area contributed by atoms with Gasteiger partial charge in [-0.15, -0.1) is 0 Å². The Bertz CT molecular complexity index is 517. The summed E-state index contributed by atoms with van der Waals surface area (Å²) in [5.74, 6) is -0.528. The highest BCUT2D eigenvalue weighted by molar-refractivity contribution is 5.94. The minimum absolute atomic E-state index is 0.156. The normalized spacial score (nSPS) is 23.5. The van der Waals surface area contributed by atoms with E-state index in [0.717, 1.165) is 26.1 Å². The summed E-state index contributed by atoms with van der Waals surface area (Å²) in [5.41, 5.74) is 0.751. The molecule has 0 radical (unpaired) electrons. The van der Waals surface area contributed by atoms with Gasteiger partial charge in [0.1, 0.15) is 5.82 Å². The maximum atomic E-state index is 14.1. The lowest BCUT2D eigenvalue weighted by Crippen LogP contribution is -2.56. The van der Waals surface area contributed by atoms with Crippen molar-refractivity contribution in [1.82, 2.24) is 9.80 Å². The number of hydrogen-bond donors (Lipinski definition) is 0. The highest BCUT2D eigenvalue weighted by Crippen LogP contribution is 2.23. The molecule has 0 aromatic heterocycles. The van der Waals surface area contributed by atoms with Gasteiger partial charge < -0.3 is 4.90 Å². The number of benzene rings is 1. The van der Waals surface area contributed by atoms with Gasteiger partial charge in [0.2, 0.25) is 0 Å². The highest BCUT2D eigenvalue weighted by atomic mass is 19.1. The third-order valence-electron chi connectivity index (χ3n) is 4.55. The largest absolute Gasteiger partial charge is 0.336 e. The number of nitrogens with zero attached hydrogens (tertiary/aromatic N) is 2. The van der Waals surface area contributed by atoms with Gasteiger partial charge in [0, 0.05) is 25.7 Å². The first kappa shape index (κ1) is 13.6. The van der Waals surface area contributed by atoms with Crippen LogP contribution >= 0.6 is 0 Å². The highest BCUT2D eigenvalue weighted by Gasteiger charge is 2.32. The van der Waals surface area contributed by atoms with Gasteiger partial charge in [-0.1, -0.05) is 18.6 Å². The van der Waals surface area contributed by atoms with Crippen molar-refractivity contribution in [3.05, 3.63) is 35.1 Å². The second-order valence-corrected chi connectivity index (χ2v) is 5.87. The molecule has 1 aromatic rings. The van der Waals surface area contributed by atoms with Crippen LogP contribution in [0.4, 0.5) is 4.39 Å². The first-order valence-corrected chi connectivity index (χ1v) is 7.45. The number of carbonyl (C=O) groups excluding carboxylic acids is 1. The number of halogens is 1. The van der Waals surface area contributed by atoms with Crippen LogP contribution in [-0.4, -0.2) is 47.9 Å². The minimum atomic E-state index is -0.372. The molecule has 2 saturated heterocycles. The van der Waals surface area contributed by atoms with Gasteiger partial charge in [0.25, 0.3) is 5.91 Å². The van der Waals surface area contributed by atoms with Crippen molar-refractivity contribution in [1.29, 1.82) is 0 Å². The first-order chi connectivity index (χ1) is 9.66. The van der Waals surface area contributed by atoms with Crippen LogP contribution in [0.3, 0.4) is 0 Å². The summed E-state index contributed by atoms with van der Waals surface area (Å²) in [7, 11) is 0. The lowest BCUT2D eigenvalue weighted by atomic mass is 9.99. The van der Waals surface area contributed by atoms with Crippen molar-refractivity contribution in [2.45, 2.75) is 32.2 Å². The molecule has 3 nitrogen and oxygen atoms in total. The fourth-order valence-electron chi connectivity index (χ4n) is 3.32. The van der Waals surface area contributed by atoms with E-state index in [1.807, 2.05) is 4.90 Å². The van der Waals surface area contributed by atoms with Crippen LogP contribution in [0, 0.1) is 12.7 Å². The molecule has 0 aliphatic carbocycles. The molecule has 1 amide bonds. The van der Waals surface area contributed by atoms with Gasteiger partial charge >= 0.3 is 0 Å². The molecule has 4 heteroatoms. The van der Waals surface area contributed by atoms with E-state index in [1.165, 1.54) is 12.8 Å². The number of amides is 1. The number of piperidine rings is 1. The summed E-state index contributed by atoms with van der Waals surface area (Å²) >= 11 is 0. The van der Waals surface area contributed by atoms with E-state index in [4.69, 9.17) is 0 Å². The third kappa shape index (κ3) is 2.44. The monoisotopic (exact) mass is 276 g/mol. The topological polar surface area (TPSA) is 23.6 Å². The third-order valence-corrected chi connectivity index (χ3v) is 4.55. The van der Waals surface area contributed by atoms with Crippen LogP contribution in [0.25, 0.3) is 0 Å². The molecule has 20 heavy (non-hydrogen) atoms. The summed E-state index contributed by atoms with van der Waals surface area (Å²) in [4.78, 5) is 16.8. The van der Waals surface area contributed by atoms with Crippen LogP contribution in [0.15, 0.2) is 18.2 Å². The van der Waals surface area contributed by atoms with E-state index < -0.39 is 0 Å². The molecular formula is C16H21FN2O. The molecule has 3 rings (SSSR count). The van der Waals surface area contributed by atoms with Crippen LogP contribution in [0.1, 0.15) is 35.2 Å². The molecule has 0 N–H and O–H groups in total. The Morgan fingerprint density at radius 3 is 2.95 bits per heavy atom. The van der Waals surface area contributed by atoms with E-state index >= 15 is 0 Å². The van der Waals surface area contributed by atoms with Crippen molar-refractivity contribution in [2.24, 2.45) is 0 Å². The zero-order valence-electron chi connectivity index (χ0n) is 11.9. The van der Waals surface area contributed by atoms with E-state index in [1.54, 1.807) is 25.1 Å². The Morgan fingerprint density at radius 2 is 2.10 bits per heavy atom. The average Bonchev–Trinajstić information content (AvgIpc) is 2.49. The summed E-state index contributed by atoms with van der Waals surface area (Å²) in [6.45, 7) is 5.22. The van der Waals surface area contributed by atoms with Crippen molar-refractivity contribution >= 4 is 5.91 Å². The summed E-state index contributed by atoms with van der Waals surface area (Å²) < 4.78 is 14.1. The number of piperazine rings is 1. The van der Waals surface area contributed by atoms with Gasteiger partial charge in [-0.3, -0.25) is 9.69 Å². The smallest absolute Gasteiger partial charge is 0.256 e. The number of carbonyl (C=O) groups is 1. The number of fused-ring (bicyclic) bond motifs is 1. The van der Waals surface area contributed by atoms with Gasteiger partial charge in [0.15, 0.2) is 0 Å². The predicted molar refractivity (Wildman–Crippen MR) is 76.3 cm³/mol. The summed E-state index contributed by atoms with van der Waals surface area (Å²) in [6.07, 6.45) is 3.65. The van der Waals surface area contributed by atoms with Crippen LogP contribution < -0.4 is 0 Å². The molecule has 1 aromatic carbocycles. The zero-order valence-corrected chi connectivity index (χ0v) is 11.9. The first-order valence-electron chi connectivity index (χ1n) is 7.45. The molecular weight excluding hydrogens is 255 g/mol. The molecule has 0 spiro atoms. The fraction of sp³-hybridized carbons (Fsp3) is 0.562. The van der Waals surface area contributed by atoms with Crippen LogP contribution in [0.5, 0.6) is 0 Å². The summed E-state index contributed by atoms with van der Waals surface area (Å²) in [6, 6.07) is 5.51. The van der Waals surface area contributed by atoms with E-state index in [2.05, 4.69) is 4.90 Å². The molecule has 108 valence electrons. The quantitative estimate of drug-likeness (QED) is 0.786. The van der Waals surface area contributed by atoms with Gasteiger partial charge in [-0.2, -0.15) is 0 Å². The Morgan fingerprint density at radius 1 is 1.25 bits per heavy atom. The average molecular weight is 276 g/mol. The minimum Gasteiger partial charge on any atom is -0.336 e. The van der Waals surface area contributed by atoms with Crippen molar-refractivity contribution < 1.29 is 9.18 Å². The lowest BCUT2D eigenvalue weighted by molar-refractivity contribution is 0.0369. The Balaban J connectivity index is 1.76. The lowest BCUT2D eigenvalue weighted by Gasteiger charge is -2.44. The molecule has 2 heterocycles. The van der Waals surface area contributed by atoms with Gasteiger partial charge in [-0.05, 0) is 37.9 Å². The standard InChI is InChI=1S/C16H21FN2O/c1-12-5-4-7-14(15(12)17)16(20)19-10-9-18-8-3-2-6-13(18)11-19/h4-5,7,13H,2-3,6,8-11H2,1H3. The zero-order chi connectivity index (χ0) is 14.1. The second kappa shape index (κ2) is 5.52. The van der Waals surface area contributed by atoms with E-state index in [9.17, 15) is 9.18 Å². The second-order valence-electron chi connectivity index (χ2n) is 5.87. The van der Waals surface area contributed by atoms with Gasteiger partial charge in [0.05, 0.1) is 5.56 Å². The van der Waals surface area contributed by atoms with Crippen molar-refractivity contribution in [3.8, 4) is 0 Å². The fourth-order valence-corrected chi connectivity index (χ4v) is 3.32. The van der Waals surface area contributed by atoms with Crippen LogP contribution in [-0.2, 0) is 0 Å². The Hall–Kier alpha value is -1.42.